The number of hydrogen-bond donors (Lipinski definition) is 0. The first-order valence-electron chi connectivity index (χ1n) is 2.59. The smallest absolute Gasteiger partial charge is 0.0461 e. The lowest BCUT2D eigenvalue weighted by Crippen LogP contribution is -2.02. The summed E-state index contributed by atoms with van der Waals surface area (Å²) in [6.07, 6.45) is 3.75. The number of rotatable bonds is 0. The van der Waals surface area contributed by atoms with Crippen molar-refractivity contribution in [3.63, 3.8) is 0 Å². The van der Waals surface area contributed by atoms with Gasteiger partial charge in [0.25, 0.3) is 0 Å². The van der Waals surface area contributed by atoms with E-state index in [4.69, 9.17) is 11.6 Å². The van der Waals surface area contributed by atoms with Crippen LogP contribution in [0.2, 0.25) is 0 Å². The van der Waals surface area contributed by atoms with Crippen LogP contribution in [0.3, 0.4) is 0 Å². The quantitative estimate of drug-likeness (QED) is 0.506. The second-order valence-electron chi connectivity index (χ2n) is 1.96. The van der Waals surface area contributed by atoms with Gasteiger partial charge in [-0.05, 0) is 12.8 Å². The molecule has 0 radical (unpaired) electrons. The summed E-state index contributed by atoms with van der Waals surface area (Å²) in [5.74, 6) is 0. The second-order valence-corrected chi connectivity index (χ2v) is 3.70. The Kier molecular flexibility index (Phi) is 1.99. The maximum absolute atomic E-state index is 5.82. The van der Waals surface area contributed by atoms with Gasteiger partial charge in [-0.1, -0.05) is 22.4 Å². The zero-order chi connectivity index (χ0) is 5.28. The lowest BCUT2D eigenvalue weighted by atomic mass is 10.4. The molecule has 42 valence electrons. The van der Waals surface area contributed by atoms with E-state index in [0.29, 0.717) is 10.2 Å². The molecule has 0 aromatic heterocycles. The minimum Gasteiger partial charge on any atom is -0.122 e. The average Bonchev–Trinajstić information content (AvgIpc) is 1.91. The monoisotopic (exact) mass is 182 g/mol. The summed E-state index contributed by atoms with van der Waals surface area (Å²) in [6.45, 7) is 0. The Labute approximate surface area is 57.4 Å². The van der Waals surface area contributed by atoms with Gasteiger partial charge in [-0.3, -0.25) is 0 Å². The maximum atomic E-state index is 5.82. The van der Waals surface area contributed by atoms with E-state index in [9.17, 15) is 0 Å². The van der Waals surface area contributed by atoms with Crippen LogP contribution < -0.4 is 0 Å². The highest BCUT2D eigenvalue weighted by Crippen LogP contribution is 2.29. The summed E-state index contributed by atoms with van der Waals surface area (Å²) in [5.41, 5.74) is 0. The fourth-order valence-electron chi connectivity index (χ4n) is 0.870. The van der Waals surface area contributed by atoms with Gasteiger partial charge in [-0.2, -0.15) is 0 Å². The van der Waals surface area contributed by atoms with Crippen LogP contribution >= 0.6 is 27.5 Å². The van der Waals surface area contributed by atoms with E-state index < -0.39 is 0 Å². The van der Waals surface area contributed by atoms with Crippen molar-refractivity contribution in [2.24, 2.45) is 0 Å². The molecule has 1 rings (SSSR count). The van der Waals surface area contributed by atoms with Crippen molar-refractivity contribution in [1.82, 2.24) is 0 Å². The second kappa shape index (κ2) is 2.36. The van der Waals surface area contributed by atoms with Crippen LogP contribution in [-0.4, -0.2) is 10.2 Å². The molecule has 2 unspecified atom stereocenters. The van der Waals surface area contributed by atoms with Crippen LogP contribution in [0.15, 0.2) is 0 Å². The first kappa shape index (κ1) is 5.90. The SMILES string of the molecule is ClC1CCCC1Br. The highest BCUT2D eigenvalue weighted by atomic mass is 79.9. The van der Waals surface area contributed by atoms with Gasteiger partial charge in [0.2, 0.25) is 0 Å². The molecule has 0 aromatic carbocycles. The fourth-order valence-corrected chi connectivity index (χ4v) is 1.74. The molecule has 1 aliphatic carbocycles. The predicted molar refractivity (Wildman–Crippen MR) is 36.2 cm³/mol. The molecule has 1 aliphatic rings. The van der Waals surface area contributed by atoms with E-state index >= 15 is 0 Å². The van der Waals surface area contributed by atoms with Crippen molar-refractivity contribution in [1.29, 1.82) is 0 Å². The minimum atomic E-state index is 0.403. The van der Waals surface area contributed by atoms with E-state index in [0.717, 1.165) is 0 Å². The van der Waals surface area contributed by atoms with Crippen LogP contribution in [0.5, 0.6) is 0 Å². The summed E-state index contributed by atoms with van der Waals surface area (Å²) in [4.78, 5) is 0.592. The largest absolute Gasteiger partial charge is 0.122 e. The molecule has 1 fully saturated rings. The molecular weight excluding hydrogens is 175 g/mol. The van der Waals surface area contributed by atoms with Gasteiger partial charge in [-0.25, -0.2) is 0 Å². The molecule has 2 atom stereocenters. The molecule has 0 aromatic rings. The molecule has 0 aliphatic heterocycles. The van der Waals surface area contributed by atoms with Crippen LogP contribution in [0.1, 0.15) is 19.3 Å². The minimum absolute atomic E-state index is 0.403. The third kappa shape index (κ3) is 1.33. The van der Waals surface area contributed by atoms with Crippen LogP contribution in [-0.2, 0) is 0 Å². The van der Waals surface area contributed by atoms with Gasteiger partial charge in [0.15, 0.2) is 0 Å². The highest BCUT2D eigenvalue weighted by Gasteiger charge is 2.21. The van der Waals surface area contributed by atoms with E-state index in [1.807, 2.05) is 0 Å². The molecule has 0 spiro atoms. The Balaban J connectivity index is 2.33. The lowest BCUT2D eigenvalue weighted by molar-refractivity contribution is 0.889. The van der Waals surface area contributed by atoms with Gasteiger partial charge in [0.1, 0.15) is 0 Å². The Morgan fingerprint density at radius 3 is 2.29 bits per heavy atom. The number of hydrogen-bond acceptors (Lipinski definition) is 0. The number of alkyl halides is 2. The molecule has 0 N–H and O–H groups in total. The Morgan fingerprint density at radius 1 is 1.43 bits per heavy atom. The molecular formula is C5H8BrCl. The summed E-state index contributed by atoms with van der Waals surface area (Å²) in [5, 5.41) is 0.403. The predicted octanol–water partition coefficient (Wildman–Crippen LogP) is 2.54. The van der Waals surface area contributed by atoms with Crippen molar-refractivity contribution in [2.45, 2.75) is 29.5 Å². The van der Waals surface area contributed by atoms with Crippen molar-refractivity contribution < 1.29 is 0 Å². The Bertz CT molecular complexity index is 57.1. The van der Waals surface area contributed by atoms with Gasteiger partial charge in [-0.15, -0.1) is 11.6 Å². The standard InChI is InChI=1S/C5H8BrCl/c6-4-2-1-3-5(4)7/h4-5H,1-3H2. The first-order valence-corrected chi connectivity index (χ1v) is 3.94. The summed E-state index contributed by atoms with van der Waals surface area (Å²) in [7, 11) is 0. The number of halogens is 2. The van der Waals surface area contributed by atoms with Gasteiger partial charge in [0.05, 0.1) is 0 Å². The third-order valence-electron chi connectivity index (χ3n) is 1.35. The molecule has 0 heterocycles. The average molecular weight is 183 g/mol. The Hall–Kier alpha value is 0.770. The fraction of sp³-hybridized carbons (Fsp3) is 1.00. The third-order valence-corrected chi connectivity index (χ3v) is 3.28. The van der Waals surface area contributed by atoms with Gasteiger partial charge >= 0.3 is 0 Å². The van der Waals surface area contributed by atoms with Crippen LogP contribution in [0.25, 0.3) is 0 Å². The summed E-state index contributed by atoms with van der Waals surface area (Å²) >= 11 is 9.29. The van der Waals surface area contributed by atoms with Crippen molar-refractivity contribution in [2.75, 3.05) is 0 Å². The van der Waals surface area contributed by atoms with E-state index in [2.05, 4.69) is 15.9 Å². The normalized spacial score (nSPS) is 42.0. The zero-order valence-electron chi connectivity index (χ0n) is 4.03. The molecule has 0 nitrogen and oxygen atoms in total. The topological polar surface area (TPSA) is 0 Å². The first-order chi connectivity index (χ1) is 3.30. The van der Waals surface area contributed by atoms with E-state index in [-0.39, 0.29) is 0 Å². The lowest BCUT2D eigenvalue weighted by Gasteiger charge is -2.00. The molecule has 7 heavy (non-hydrogen) atoms. The molecule has 2 heteroatoms. The maximum Gasteiger partial charge on any atom is 0.0461 e. The highest BCUT2D eigenvalue weighted by molar-refractivity contribution is 9.09. The zero-order valence-corrected chi connectivity index (χ0v) is 6.37. The molecule has 1 saturated carbocycles. The van der Waals surface area contributed by atoms with Crippen LogP contribution in [0, 0.1) is 0 Å². The summed E-state index contributed by atoms with van der Waals surface area (Å²) < 4.78 is 0. The molecule has 0 amide bonds. The molecule has 0 bridgehead atoms. The van der Waals surface area contributed by atoms with E-state index in [1.165, 1.54) is 19.3 Å². The van der Waals surface area contributed by atoms with Crippen molar-refractivity contribution >= 4 is 27.5 Å². The molecule has 0 saturated heterocycles. The Morgan fingerprint density at radius 2 is 2.14 bits per heavy atom. The van der Waals surface area contributed by atoms with Gasteiger partial charge < -0.3 is 0 Å². The van der Waals surface area contributed by atoms with Gasteiger partial charge in [0, 0.05) is 10.2 Å². The van der Waals surface area contributed by atoms with Crippen molar-refractivity contribution in [3.05, 3.63) is 0 Å². The summed E-state index contributed by atoms with van der Waals surface area (Å²) in [6, 6.07) is 0. The van der Waals surface area contributed by atoms with Crippen molar-refractivity contribution in [3.8, 4) is 0 Å². The van der Waals surface area contributed by atoms with E-state index in [1.54, 1.807) is 0 Å². The van der Waals surface area contributed by atoms with Crippen LogP contribution in [0.4, 0.5) is 0 Å².